The fraction of sp³-hybridized carbons (Fsp3) is 1.00. The van der Waals surface area contributed by atoms with Gasteiger partial charge in [-0.2, -0.15) is 0 Å². The Bertz CT molecular complexity index is 82.9. The van der Waals surface area contributed by atoms with E-state index < -0.39 is 0 Å². The molecule has 1 heteroatoms. The Morgan fingerprint density at radius 2 is 2.18 bits per heavy atom. The lowest BCUT2D eigenvalue weighted by molar-refractivity contribution is 0.462. The second-order valence-electron chi connectivity index (χ2n) is 3.64. The van der Waals surface area contributed by atoms with Crippen LogP contribution in [-0.2, 0) is 0 Å². The third-order valence-electron chi connectivity index (χ3n) is 2.57. The predicted octanol–water partition coefficient (Wildman–Crippen LogP) is 2.71. The zero-order chi connectivity index (χ0) is 7.94. The minimum absolute atomic E-state index is 0.845. The summed E-state index contributed by atoms with van der Waals surface area (Å²) in [7, 11) is 0. The van der Waals surface area contributed by atoms with E-state index in [0.29, 0.717) is 0 Å². The molecular weight excluding hydrogens is 134 g/mol. The second kappa shape index (κ2) is 5.59. The number of hydrogen-bond donors (Lipinski definition) is 1. The summed E-state index contributed by atoms with van der Waals surface area (Å²) in [5.74, 6) is 0. The molecule has 0 aromatic rings. The first-order valence-electron chi connectivity index (χ1n) is 5.17. The average molecular weight is 155 g/mol. The summed E-state index contributed by atoms with van der Waals surface area (Å²) in [6.45, 7) is 3.53. The molecule has 0 saturated carbocycles. The lowest BCUT2D eigenvalue weighted by Gasteiger charge is -2.14. The molecule has 0 unspecified atom stereocenters. The summed E-state index contributed by atoms with van der Waals surface area (Å²) < 4.78 is 0. The van der Waals surface area contributed by atoms with E-state index in [1.54, 1.807) is 0 Å². The molecule has 0 aromatic carbocycles. The van der Waals surface area contributed by atoms with Crippen molar-refractivity contribution in [2.45, 2.75) is 57.9 Å². The molecule has 0 aliphatic carbocycles. The van der Waals surface area contributed by atoms with Crippen LogP contribution in [0.25, 0.3) is 0 Å². The van der Waals surface area contributed by atoms with Crippen LogP contribution >= 0.6 is 0 Å². The average Bonchev–Trinajstić information content (AvgIpc) is 2.28. The quantitative estimate of drug-likeness (QED) is 0.660. The van der Waals surface area contributed by atoms with Crippen molar-refractivity contribution >= 4 is 0 Å². The zero-order valence-corrected chi connectivity index (χ0v) is 7.73. The van der Waals surface area contributed by atoms with Crippen LogP contribution in [0.4, 0.5) is 0 Å². The van der Waals surface area contributed by atoms with Gasteiger partial charge in [0.25, 0.3) is 0 Å². The Morgan fingerprint density at radius 3 is 3.00 bits per heavy atom. The van der Waals surface area contributed by atoms with Crippen LogP contribution in [-0.4, -0.2) is 12.6 Å². The van der Waals surface area contributed by atoms with Gasteiger partial charge in [-0.1, -0.05) is 32.6 Å². The molecule has 1 fully saturated rings. The van der Waals surface area contributed by atoms with E-state index in [2.05, 4.69) is 12.2 Å². The number of rotatable bonds is 3. The maximum absolute atomic E-state index is 3.62. The lowest BCUT2D eigenvalue weighted by Crippen LogP contribution is -2.27. The van der Waals surface area contributed by atoms with Gasteiger partial charge in [-0.15, -0.1) is 0 Å². The molecule has 1 N–H and O–H groups in total. The molecule has 1 rings (SSSR count). The summed E-state index contributed by atoms with van der Waals surface area (Å²) in [5.41, 5.74) is 0. The van der Waals surface area contributed by atoms with E-state index in [1.165, 1.54) is 51.5 Å². The van der Waals surface area contributed by atoms with Gasteiger partial charge >= 0.3 is 0 Å². The molecule has 1 nitrogen and oxygen atoms in total. The van der Waals surface area contributed by atoms with E-state index in [9.17, 15) is 0 Å². The third-order valence-corrected chi connectivity index (χ3v) is 2.57. The highest BCUT2D eigenvalue weighted by Crippen LogP contribution is 2.12. The Hall–Kier alpha value is -0.0400. The maximum Gasteiger partial charge on any atom is 0.00670 e. The molecule has 0 amide bonds. The molecule has 1 heterocycles. The molecule has 0 aromatic heterocycles. The van der Waals surface area contributed by atoms with Gasteiger partial charge in [0.05, 0.1) is 0 Å². The highest BCUT2D eigenvalue weighted by atomic mass is 14.9. The van der Waals surface area contributed by atoms with Gasteiger partial charge < -0.3 is 5.32 Å². The lowest BCUT2D eigenvalue weighted by atomic mass is 10.1. The summed E-state index contributed by atoms with van der Waals surface area (Å²) in [6, 6.07) is 0.845. The monoisotopic (exact) mass is 155 g/mol. The normalized spacial score (nSPS) is 26.5. The minimum atomic E-state index is 0.845. The number of unbranched alkanes of at least 4 members (excludes halogenated alkanes) is 1. The molecule has 1 aliphatic heterocycles. The van der Waals surface area contributed by atoms with E-state index in [1.807, 2.05) is 0 Å². The molecule has 1 aliphatic rings. The van der Waals surface area contributed by atoms with E-state index >= 15 is 0 Å². The van der Waals surface area contributed by atoms with Gasteiger partial charge in [0.2, 0.25) is 0 Å². The Morgan fingerprint density at radius 1 is 1.27 bits per heavy atom. The first-order chi connectivity index (χ1) is 5.43. The first-order valence-corrected chi connectivity index (χ1v) is 5.17. The van der Waals surface area contributed by atoms with Gasteiger partial charge in [0, 0.05) is 6.04 Å². The van der Waals surface area contributed by atoms with Crippen molar-refractivity contribution in [1.29, 1.82) is 0 Å². The fourth-order valence-corrected chi connectivity index (χ4v) is 1.80. The number of nitrogens with one attached hydrogen (secondary N) is 1. The summed E-state index contributed by atoms with van der Waals surface area (Å²) >= 11 is 0. The van der Waals surface area contributed by atoms with Crippen LogP contribution in [0.1, 0.15) is 51.9 Å². The summed E-state index contributed by atoms with van der Waals surface area (Å²) in [5, 5.41) is 3.62. The smallest absolute Gasteiger partial charge is 0.00670 e. The van der Waals surface area contributed by atoms with Crippen molar-refractivity contribution in [2.75, 3.05) is 6.54 Å². The Labute approximate surface area is 70.6 Å². The van der Waals surface area contributed by atoms with Crippen molar-refractivity contribution in [1.82, 2.24) is 5.32 Å². The van der Waals surface area contributed by atoms with E-state index in [0.717, 1.165) is 6.04 Å². The van der Waals surface area contributed by atoms with Crippen LogP contribution < -0.4 is 5.32 Å². The summed E-state index contributed by atoms with van der Waals surface area (Å²) in [6.07, 6.45) is 9.84. The van der Waals surface area contributed by atoms with E-state index in [-0.39, 0.29) is 0 Å². The van der Waals surface area contributed by atoms with Gasteiger partial charge in [-0.05, 0) is 25.8 Å². The molecule has 1 atom stereocenters. The van der Waals surface area contributed by atoms with Crippen molar-refractivity contribution < 1.29 is 0 Å². The molecule has 0 spiro atoms. The highest BCUT2D eigenvalue weighted by Gasteiger charge is 2.09. The molecule has 66 valence electrons. The van der Waals surface area contributed by atoms with Crippen molar-refractivity contribution in [3.63, 3.8) is 0 Å². The Kier molecular flexibility index (Phi) is 4.60. The van der Waals surface area contributed by atoms with Gasteiger partial charge in [-0.25, -0.2) is 0 Å². The van der Waals surface area contributed by atoms with Gasteiger partial charge in [0.15, 0.2) is 0 Å². The van der Waals surface area contributed by atoms with Crippen LogP contribution in [0.3, 0.4) is 0 Å². The van der Waals surface area contributed by atoms with Crippen molar-refractivity contribution in [3.05, 3.63) is 0 Å². The van der Waals surface area contributed by atoms with Crippen LogP contribution in [0.5, 0.6) is 0 Å². The largest absolute Gasteiger partial charge is 0.314 e. The molecule has 1 saturated heterocycles. The summed E-state index contributed by atoms with van der Waals surface area (Å²) in [4.78, 5) is 0. The SMILES string of the molecule is CCCC[C@@H]1CCCCCN1. The highest BCUT2D eigenvalue weighted by molar-refractivity contribution is 4.69. The molecule has 11 heavy (non-hydrogen) atoms. The standard InChI is InChI=1S/C10H21N/c1-2-3-7-10-8-5-4-6-9-11-10/h10-11H,2-9H2,1H3/t10-/m1/s1. The third kappa shape index (κ3) is 3.76. The van der Waals surface area contributed by atoms with E-state index in [4.69, 9.17) is 0 Å². The molecular formula is C10H21N. The van der Waals surface area contributed by atoms with Crippen molar-refractivity contribution in [2.24, 2.45) is 0 Å². The predicted molar refractivity (Wildman–Crippen MR) is 49.8 cm³/mol. The Balaban J connectivity index is 2.09. The minimum Gasteiger partial charge on any atom is -0.314 e. The maximum atomic E-state index is 3.62. The topological polar surface area (TPSA) is 12.0 Å². The van der Waals surface area contributed by atoms with Gasteiger partial charge in [0.1, 0.15) is 0 Å². The zero-order valence-electron chi connectivity index (χ0n) is 7.73. The second-order valence-corrected chi connectivity index (χ2v) is 3.64. The van der Waals surface area contributed by atoms with Gasteiger partial charge in [-0.3, -0.25) is 0 Å². The van der Waals surface area contributed by atoms with Crippen LogP contribution in [0, 0.1) is 0 Å². The first kappa shape index (κ1) is 9.05. The van der Waals surface area contributed by atoms with Crippen LogP contribution in [0.15, 0.2) is 0 Å². The number of hydrogen-bond acceptors (Lipinski definition) is 1. The van der Waals surface area contributed by atoms with Crippen molar-refractivity contribution in [3.8, 4) is 0 Å². The fourth-order valence-electron chi connectivity index (χ4n) is 1.80. The molecule has 0 radical (unpaired) electrons. The van der Waals surface area contributed by atoms with Crippen LogP contribution in [0.2, 0.25) is 0 Å². The molecule has 0 bridgehead atoms.